The fraction of sp³-hybridized carbons (Fsp3) is 1.00. The highest BCUT2D eigenvalue weighted by atomic mass is 15.7. The molecule has 17 heavy (non-hydrogen) atoms. The van der Waals surface area contributed by atoms with Crippen molar-refractivity contribution >= 4 is 0 Å². The molecule has 0 aromatic heterocycles. The first kappa shape index (κ1) is 16.7. The van der Waals surface area contributed by atoms with Gasteiger partial charge in [-0.15, -0.1) is 0 Å². The highest BCUT2D eigenvalue weighted by Gasteiger charge is 1.98. The molecular weight excluding hydrogens is 218 g/mol. The van der Waals surface area contributed by atoms with Gasteiger partial charge in [0.15, 0.2) is 0 Å². The van der Waals surface area contributed by atoms with Crippen molar-refractivity contribution in [3.63, 3.8) is 0 Å². The second kappa shape index (κ2) is 12.2. The van der Waals surface area contributed by atoms with E-state index in [2.05, 4.69) is 27.0 Å². The standard InChI is InChI=1S/C10H29N7/c1-11-16(12-2)9-5-7-15-8-6-10-17(13-3)14-4/h11-15H,5-10H2,1-4H3. The Labute approximate surface area is 105 Å². The average Bonchev–Trinajstić information content (AvgIpc) is 2.37. The van der Waals surface area contributed by atoms with Crippen LogP contribution in [0.15, 0.2) is 0 Å². The summed E-state index contributed by atoms with van der Waals surface area (Å²) in [6.45, 7) is 4.05. The van der Waals surface area contributed by atoms with E-state index in [0.29, 0.717) is 0 Å². The Morgan fingerprint density at radius 3 is 1.29 bits per heavy atom. The highest BCUT2D eigenvalue weighted by molar-refractivity contribution is 4.52. The molecule has 0 aliphatic rings. The molecule has 0 heterocycles. The first-order valence-electron chi connectivity index (χ1n) is 6.23. The first-order valence-corrected chi connectivity index (χ1v) is 6.23. The Morgan fingerprint density at radius 1 is 0.647 bits per heavy atom. The van der Waals surface area contributed by atoms with Crippen LogP contribution in [0.2, 0.25) is 0 Å². The molecule has 0 rings (SSSR count). The minimum atomic E-state index is 0.985. The summed E-state index contributed by atoms with van der Waals surface area (Å²) >= 11 is 0. The van der Waals surface area contributed by atoms with Gasteiger partial charge in [0.05, 0.1) is 0 Å². The van der Waals surface area contributed by atoms with Gasteiger partial charge in [-0.25, -0.2) is 21.7 Å². The molecule has 0 unspecified atom stereocenters. The van der Waals surface area contributed by atoms with E-state index >= 15 is 0 Å². The molecule has 0 atom stereocenters. The van der Waals surface area contributed by atoms with Crippen LogP contribution in [-0.2, 0) is 0 Å². The Balaban J connectivity index is 3.23. The summed E-state index contributed by atoms with van der Waals surface area (Å²) in [6.07, 6.45) is 2.23. The zero-order valence-corrected chi connectivity index (χ0v) is 11.6. The molecule has 104 valence electrons. The number of nitrogens with one attached hydrogen (secondary N) is 5. The van der Waals surface area contributed by atoms with Crippen LogP contribution in [0.1, 0.15) is 12.8 Å². The first-order chi connectivity index (χ1) is 8.28. The topological polar surface area (TPSA) is 66.6 Å². The fourth-order valence-corrected chi connectivity index (χ4v) is 1.52. The summed E-state index contributed by atoms with van der Waals surface area (Å²) in [5.74, 6) is 0. The van der Waals surface area contributed by atoms with Gasteiger partial charge in [0.25, 0.3) is 0 Å². The summed E-state index contributed by atoms with van der Waals surface area (Å²) in [5.41, 5.74) is 12.2. The minimum absolute atomic E-state index is 0.985. The van der Waals surface area contributed by atoms with Crippen molar-refractivity contribution in [1.29, 1.82) is 0 Å². The number of rotatable bonds is 12. The third kappa shape index (κ3) is 9.42. The number of hydrogen-bond acceptors (Lipinski definition) is 7. The number of nitrogens with zero attached hydrogens (tertiary/aromatic N) is 2. The normalized spacial score (nSPS) is 11.6. The lowest BCUT2D eigenvalue weighted by Gasteiger charge is -2.20. The van der Waals surface area contributed by atoms with E-state index in [4.69, 9.17) is 0 Å². The van der Waals surface area contributed by atoms with Gasteiger partial charge in [-0.2, -0.15) is 10.2 Å². The van der Waals surface area contributed by atoms with E-state index in [9.17, 15) is 0 Å². The molecule has 0 saturated heterocycles. The second-order valence-electron chi connectivity index (χ2n) is 3.65. The van der Waals surface area contributed by atoms with Crippen molar-refractivity contribution in [2.45, 2.75) is 12.8 Å². The lowest BCUT2D eigenvalue weighted by atomic mass is 10.4. The van der Waals surface area contributed by atoms with Crippen molar-refractivity contribution in [3.05, 3.63) is 0 Å². The molecule has 0 radical (unpaired) electrons. The van der Waals surface area contributed by atoms with Gasteiger partial charge in [-0.3, -0.25) is 0 Å². The number of hydrazine groups is 4. The van der Waals surface area contributed by atoms with E-state index in [1.807, 2.05) is 38.4 Å². The highest BCUT2D eigenvalue weighted by Crippen LogP contribution is 1.83. The van der Waals surface area contributed by atoms with Crippen molar-refractivity contribution in [1.82, 2.24) is 37.3 Å². The van der Waals surface area contributed by atoms with Gasteiger partial charge in [0.2, 0.25) is 0 Å². The molecule has 7 nitrogen and oxygen atoms in total. The Hall–Kier alpha value is -0.280. The maximum atomic E-state index is 3.43. The molecule has 0 aromatic carbocycles. The average molecular weight is 247 g/mol. The smallest absolute Gasteiger partial charge is 0.0300 e. The second-order valence-corrected chi connectivity index (χ2v) is 3.65. The third-order valence-electron chi connectivity index (χ3n) is 2.55. The molecule has 7 heteroatoms. The van der Waals surface area contributed by atoms with Gasteiger partial charge in [0, 0.05) is 41.3 Å². The van der Waals surface area contributed by atoms with Crippen LogP contribution in [0.4, 0.5) is 0 Å². The van der Waals surface area contributed by atoms with Crippen LogP contribution in [0.5, 0.6) is 0 Å². The summed E-state index contributed by atoms with van der Waals surface area (Å²) in [6, 6.07) is 0. The van der Waals surface area contributed by atoms with E-state index < -0.39 is 0 Å². The van der Waals surface area contributed by atoms with Crippen LogP contribution in [-0.4, -0.2) is 64.6 Å². The predicted octanol–water partition coefficient (Wildman–Crippen LogP) is -1.50. The van der Waals surface area contributed by atoms with E-state index in [1.54, 1.807) is 0 Å². The molecule has 0 aromatic rings. The quantitative estimate of drug-likeness (QED) is 0.212. The van der Waals surface area contributed by atoms with Crippen molar-refractivity contribution in [2.24, 2.45) is 0 Å². The van der Waals surface area contributed by atoms with Gasteiger partial charge in [-0.05, 0) is 25.9 Å². The SMILES string of the molecule is CNN(CCCNCCCN(NC)NC)NC. The zero-order chi connectivity index (χ0) is 12.9. The molecule has 0 aliphatic heterocycles. The third-order valence-corrected chi connectivity index (χ3v) is 2.55. The van der Waals surface area contributed by atoms with Gasteiger partial charge in [-0.1, -0.05) is 0 Å². The summed E-state index contributed by atoms with van der Waals surface area (Å²) < 4.78 is 0. The maximum Gasteiger partial charge on any atom is 0.0300 e. The molecule has 0 spiro atoms. The minimum Gasteiger partial charge on any atom is -0.317 e. The molecule has 0 bridgehead atoms. The monoisotopic (exact) mass is 247 g/mol. The van der Waals surface area contributed by atoms with Crippen LogP contribution in [0, 0.1) is 0 Å². The molecule has 0 aliphatic carbocycles. The lowest BCUT2D eigenvalue weighted by molar-refractivity contribution is 0.140. The van der Waals surface area contributed by atoms with Crippen LogP contribution in [0.3, 0.4) is 0 Å². The van der Waals surface area contributed by atoms with Crippen LogP contribution >= 0.6 is 0 Å². The van der Waals surface area contributed by atoms with Crippen molar-refractivity contribution in [2.75, 3.05) is 54.4 Å². The molecular formula is C10H29N7. The summed E-state index contributed by atoms with van der Waals surface area (Å²) in [5, 5.41) is 7.36. The molecule has 5 N–H and O–H groups in total. The Morgan fingerprint density at radius 2 is 1.00 bits per heavy atom. The summed E-state index contributed by atoms with van der Waals surface area (Å²) in [4.78, 5) is 0. The van der Waals surface area contributed by atoms with E-state index in [-0.39, 0.29) is 0 Å². The molecule has 0 amide bonds. The zero-order valence-electron chi connectivity index (χ0n) is 11.6. The van der Waals surface area contributed by atoms with Crippen LogP contribution < -0.4 is 27.0 Å². The van der Waals surface area contributed by atoms with Crippen LogP contribution in [0.25, 0.3) is 0 Å². The van der Waals surface area contributed by atoms with Gasteiger partial charge >= 0.3 is 0 Å². The van der Waals surface area contributed by atoms with Crippen molar-refractivity contribution in [3.8, 4) is 0 Å². The largest absolute Gasteiger partial charge is 0.317 e. The van der Waals surface area contributed by atoms with Crippen molar-refractivity contribution < 1.29 is 0 Å². The predicted molar refractivity (Wildman–Crippen MR) is 71.8 cm³/mol. The van der Waals surface area contributed by atoms with Gasteiger partial charge < -0.3 is 5.32 Å². The van der Waals surface area contributed by atoms with Gasteiger partial charge in [0.1, 0.15) is 0 Å². The summed E-state index contributed by atoms with van der Waals surface area (Å²) in [7, 11) is 7.64. The fourth-order valence-electron chi connectivity index (χ4n) is 1.52. The lowest BCUT2D eigenvalue weighted by Crippen LogP contribution is -2.45. The molecule has 0 saturated carbocycles. The molecule has 0 fully saturated rings. The Bertz CT molecular complexity index is 132. The Kier molecular flexibility index (Phi) is 12.0. The number of hydrogen-bond donors (Lipinski definition) is 5. The maximum absolute atomic E-state index is 3.43. The van der Waals surface area contributed by atoms with E-state index in [0.717, 1.165) is 39.0 Å². The van der Waals surface area contributed by atoms with E-state index in [1.165, 1.54) is 0 Å².